The first-order valence-electron chi connectivity index (χ1n) is 8.69. The number of amides is 1. The van der Waals surface area contributed by atoms with E-state index in [0.29, 0.717) is 17.2 Å². The van der Waals surface area contributed by atoms with Crippen molar-refractivity contribution in [2.45, 2.75) is 6.92 Å². The molecule has 0 atom stereocenters. The van der Waals surface area contributed by atoms with Crippen molar-refractivity contribution in [3.05, 3.63) is 53.7 Å². The van der Waals surface area contributed by atoms with E-state index in [2.05, 4.69) is 10.4 Å². The molecule has 1 aromatic heterocycles. The Morgan fingerprint density at radius 3 is 2.36 bits per heavy atom. The van der Waals surface area contributed by atoms with Gasteiger partial charge in [-0.3, -0.25) is 9.48 Å². The number of rotatable bonds is 6. The van der Waals surface area contributed by atoms with Crippen LogP contribution in [0.25, 0.3) is 11.3 Å². The molecule has 2 aromatic carbocycles. The van der Waals surface area contributed by atoms with Crippen LogP contribution in [0.1, 0.15) is 16.1 Å². The molecule has 0 aliphatic heterocycles. The largest absolute Gasteiger partial charge is 0.497 e. The molecule has 7 nitrogen and oxygen atoms in total. The molecule has 0 radical (unpaired) electrons. The van der Waals surface area contributed by atoms with Crippen molar-refractivity contribution in [3.63, 3.8) is 0 Å². The molecule has 0 saturated carbocycles. The lowest BCUT2D eigenvalue weighted by atomic mass is 10.1. The van der Waals surface area contributed by atoms with Crippen molar-refractivity contribution >= 4 is 11.6 Å². The van der Waals surface area contributed by atoms with Gasteiger partial charge in [-0.2, -0.15) is 5.10 Å². The van der Waals surface area contributed by atoms with Crippen LogP contribution in [0, 0.1) is 6.92 Å². The van der Waals surface area contributed by atoms with Gasteiger partial charge in [0.05, 0.1) is 32.7 Å². The summed E-state index contributed by atoms with van der Waals surface area (Å²) < 4.78 is 17.7. The molecule has 1 amide bonds. The van der Waals surface area contributed by atoms with Gasteiger partial charge in [0.2, 0.25) is 0 Å². The van der Waals surface area contributed by atoms with Gasteiger partial charge in [-0.05, 0) is 37.3 Å². The Balaban J connectivity index is 1.94. The molecule has 0 aliphatic rings. The van der Waals surface area contributed by atoms with Gasteiger partial charge in [0.1, 0.15) is 17.2 Å². The van der Waals surface area contributed by atoms with E-state index in [1.165, 1.54) is 0 Å². The summed E-state index contributed by atoms with van der Waals surface area (Å²) in [6.45, 7) is 2.00. The van der Waals surface area contributed by atoms with E-state index in [4.69, 9.17) is 14.2 Å². The van der Waals surface area contributed by atoms with Crippen LogP contribution < -0.4 is 19.5 Å². The molecule has 28 heavy (non-hydrogen) atoms. The third-order valence-corrected chi connectivity index (χ3v) is 4.40. The molecule has 0 saturated heterocycles. The number of aryl methyl sites for hydroxylation is 2. The molecule has 1 N–H and O–H groups in total. The van der Waals surface area contributed by atoms with Gasteiger partial charge in [0, 0.05) is 18.7 Å². The van der Waals surface area contributed by atoms with E-state index in [1.807, 2.05) is 25.1 Å². The number of anilines is 1. The molecule has 146 valence electrons. The fraction of sp³-hybridized carbons (Fsp3) is 0.238. The second kappa shape index (κ2) is 8.04. The first-order chi connectivity index (χ1) is 13.5. The predicted molar refractivity (Wildman–Crippen MR) is 107 cm³/mol. The maximum Gasteiger partial charge on any atom is 0.276 e. The van der Waals surface area contributed by atoms with Gasteiger partial charge >= 0.3 is 0 Å². The number of aromatic nitrogens is 2. The van der Waals surface area contributed by atoms with Crippen LogP contribution in [0.5, 0.6) is 17.2 Å². The van der Waals surface area contributed by atoms with E-state index in [9.17, 15) is 4.79 Å². The standard InChI is InChI=1S/C21H23N3O4/c1-13-6-8-19(27-4)15(10-13)18-12-17(23-24(18)2)21(25)22-16-11-14(26-3)7-9-20(16)28-5/h6-12H,1-5H3,(H,22,25). The number of carbonyl (C=O) groups is 1. The third-order valence-electron chi connectivity index (χ3n) is 4.40. The summed E-state index contributed by atoms with van der Waals surface area (Å²) >= 11 is 0. The third kappa shape index (κ3) is 3.78. The number of methoxy groups -OCH3 is 3. The molecule has 7 heteroatoms. The monoisotopic (exact) mass is 381 g/mol. The fourth-order valence-corrected chi connectivity index (χ4v) is 2.95. The zero-order valence-electron chi connectivity index (χ0n) is 16.6. The molecule has 0 unspecified atom stereocenters. The lowest BCUT2D eigenvalue weighted by molar-refractivity contribution is 0.102. The van der Waals surface area contributed by atoms with Crippen LogP contribution in [-0.2, 0) is 7.05 Å². The molecule has 0 spiro atoms. The zero-order valence-corrected chi connectivity index (χ0v) is 16.6. The minimum absolute atomic E-state index is 0.283. The molecule has 0 aliphatic carbocycles. The first kappa shape index (κ1) is 19.3. The average molecular weight is 381 g/mol. The topological polar surface area (TPSA) is 74.6 Å². The van der Waals surface area contributed by atoms with Gasteiger partial charge in [0.25, 0.3) is 5.91 Å². The van der Waals surface area contributed by atoms with Gasteiger partial charge in [-0.1, -0.05) is 11.6 Å². The molecule has 0 bridgehead atoms. The van der Waals surface area contributed by atoms with Crippen molar-refractivity contribution in [1.82, 2.24) is 9.78 Å². The first-order valence-corrected chi connectivity index (χ1v) is 8.69. The number of carbonyl (C=O) groups excluding carboxylic acids is 1. The van der Waals surface area contributed by atoms with Crippen molar-refractivity contribution in [3.8, 4) is 28.5 Å². The number of hydrogen-bond acceptors (Lipinski definition) is 5. The molecular weight excluding hydrogens is 358 g/mol. The predicted octanol–water partition coefficient (Wildman–Crippen LogP) is 3.67. The average Bonchev–Trinajstić information content (AvgIpc) is 3.09. The highest BCUT2D eigenvalue weighted by atomic mass is 16.5. The van der Waals surface area contributed by atoms with Crippen LogP contribution in [0.4, 0.5) is 5.69 Å². The van der Waals surface area contributed by atoms with E-state index in [0.717, 1.165) is 22.6 Å². The second-order valence-corrected chi connectivity index (χ2v) is 6.26. The fourth-order valence-electron chi connectivity index (χ4n) is 2.95. The Bertz CT molecular complexity index is 1010. The van der Waals surface area contributed by atoms with Crippen LogP contribution in [0.15, 0.2) is 42.5 Å². The second-order valence-electron chi connectivity index (χ2n) is 6.26. The summed E-state index contributed by atoms with van der Waals surface area (Å²) in [5.41, 5.74) is 3.53. The van der Waals surface area contributed by atoms with E-state index in [1.54, 1.807) is 57.3 Å². The number of nitrogens with zero attached hydrogens (tertiary/aromatic N) is 2. The van der Waals surface area contributed by atoms with Crippen molar-refractivity contribution in [2.75, 3.05) is 26.6 Å². The van der Waals surface area contributed by atoms with Crippen molar-refractivity contribution in [1.29, 1.82) is 0 Å². The van der Waals surface area contributed by atoms with E-state index in [-0.39, 0.29) is 11.6 Å². The number of nitrogens with one attached hydrogen (secondary N) is 1. The summed E-state index contributed by atoms with van der Waals surface area (Å²) in [7, 11) is 6.52. The highest BCUT2D eigenvalue weighted by Gasteiger charge is 2.18. The number of benzene rings is 2. The quantitative estimate of drug-likeness (QED) is 0.705. The summed E-state index contributed by atoms with van der Waals surface area (Å²) in [5.74, 6) is 1.52. The minimum Gasteiger partial charge on any atom is -0.497 e. The van der Waals surface area contributed by atoms with Crippen molar-refractivity contribution < 1.29 is 19.0 Å². The SMILES string of the molecule is COc1ccc(OC)c(NC(=O)c2cc(-c3cc(C)ccc3OC)n(C)n2)c1. The molecule has 1 heterocycles. The van der Waals surface area contributed by atoms with Crippen LogP contribution in [-0.4, -0.2) is 37.0 Å². The Morgan fingerprint density at radius 2 is 1.68 bits per heavy atom. The Kier molecular flexibility index (Phi) is 5.54. The van der Waals surface area contributed by atoms with Crippen LogP contribution in [0.2, 0.25) is 0 Å². The minimum atomic E-state index is -0.347. The lowest BCUT2D eigenvalue weighted by Gasteiger charge is -2.10. The summed E-state index contributed by atoms with van der Waals surface area (Å²) in [6, 6.07) is 12.8. The van der Waals surface area contributed by atoms with Crippen molar-refractivity contribution in [2.24, 2.45) is 7.05 Å². The summed E-state index contributed by atoms with van der Waals surface area (Å²) in [4.78, 5) is 12.8. The smallest absolute Gasteiger partial charge is 0.276 e. The van der Waals surface area contributed by atoms with Gasteiger partial charge in [0.15, 0.2) is 5.69 Å². The molecule has 3 rings (SSSR count). The normalized spacial score (nSPS) is 10.5. The van der Waals surface area contributed by atoms with Crippen LogP contribution >= 0.6 is 0 Å². The van der Waals surface area contributed by atoms with Crippen LogP contribution in [0.3, 0.4) is 0 Å². The zero-order chi connectivity index (χ0) is 20.3. The van der Waals surface area contributed by atoms with Gasteiger partial charge in [-0.25, -0.2) is 0 Å². The summed E-state index contributed by atoms with van der Waals surface area (Å²) in [5, 5.41) is 7.20. The number of hydrogen-bond donors (Lipinski definition) is 1. The highest BCUT2D eigenvalue weighted by Crippen LogP contribution is 2.32. The number of ether oxygens (including phenoxy) is 3. The Hall–Kier alpha value is -3.48. The Morgan fingerprint density at radius 1 is 0.964 bits per heavy atom. The van der Waals surface area contributed by atoms with Gasteiger partial charge in [-0.15, -0.1) is 0 Å². The van der Waals surface area contributed by atoms with E-state index >= 15 is 0 Å². The summed E-state index contributed by atoms with van der Waals surface area (Å²) in [6.07, 6.45) is 0. The van der Waals surface area contributed by atoms with Gasteiger partial charge < -0.3 is 19.5 Å². The maximum atomic E-state index is 12.8. The van der Waals surface area contributed by atoms with E-state index < -0.39 is 0 Å². The molecule has 0 fully saturated rings. The molecular formula is C21H23N3O4. The molecule has 3 aromatic rings. The highest BCUT2D eigenvalue weighted by molar-refractivity contribution is 6.04. The maximum absolute atomic E-state index is 12.8. The Labute approximate surface area is 163 Å². The lowest BCUT2D eigenvalue weighted by Crippen LogP contribution is -2.13.